The Morgan fingerprint density at radius 2 is 1.97 bits per heavy atom. The first-order valence-corrected chi connectivity index (χ1v) is 13.2. The normalized spacial score (nSPS) is 12.4. The molecule has 31 heavy (non-hydrogen) atoms. The number of aromatic nitrogens is 1. The largest absolute Gasteiger partial charge is 0.496 e. The van der Waals surface area contributed by atoms with Gasteiger partial charge in [0.25, 0.3) is 15.1 Å². The molecule has 0 atom stereocenters. The predicted molar refractivity (Wildman–Crippen MR) is 130 cm³/mol. The fourth-order valence-electron chi connectivity index (χ4n) is 3.70. The molecule has 2 aromatic heterocycles. The van der Waals surface area contributed by atoms with Crippen LogP contribution < -0.4 is 9.30 Å². The Labute approximate surface area is 190 Å². The Kier molecular flexibility index (Phi) is 6.16. The summed E-state index contributed by atoms with van der Waals surface area (Å²) in [4.78, 5) is 0. The van der Waals surface area contributed by atoms with Crippen LogP contribution in [0, 0.1) is 13.8 Å². The van der Waals surface area contributed by atoms with Crippen molar-refractivity contribution < 1.29 is 22.3 Å². The van der Waals surface area contributed by atoms with Crippen molar-refractivity contribution in [1.82, 2.24) is 0 Å². The summed E-state index contributed by atoms with van der Waals surface area (Å²) < 4.78 is 41.7. The van der Waals surface area contributed by atoms with E-state index in [2.05, 4.69) is 48.8 Å². The van der Waals surface area contributed by atoms with Crippen molar-refractivity contribution in [2.75, 3.05) is 12.9 Å². The lowest BCUT2D eigenvalue weighted by Crippen LogP contribution is -2.36. The molecule has 0 unspecified atom stereocenters. The van der Waals surface area contributed by atoms with E-state index in [0.29, 0.717) is 13.0 Å². The number of thiazole rings is 1. The molecule has 0 saturated heterocycles. The van der Waals surface area contributed by atoms with Gasteiger partial charge in [0, 0.05) is 23.9 Å². The molecular weight excluding hydrogens is 450 g/mol. The van der Waals surface area contributed by atoms with E-state index in [9.17, 15) is 13.0 Å². The maximum Gasteiger partial charge on any atom is 0.265 e. The van der Waals surface area contributed by atoms with Crippen molar-refractivity contribution in [1.29, 1.82) is 0 Å². The van der Waals surface area contributed by atoms with E-state index in [0.717, 1.165) is 36.6 Å². The highest BCUT2D eigenvalue weighted by molar-refractivity contribution is 7.85. The molecule has 0 radical (unpaired) electrons. The van der Waals surface area contributed by atoms with Crippen LogP contribution in [0.2, 0.25) is 0 Å². The second kappa shape index (κ2) is 8.70. The van der Waals surface area contributed by atoms with Gasteiger partial charge in [-0.15, -0.1) is 11.3 Å². The van der Waals surface area contributed by atoms with Crippen LogP contribution in [-0.2, 0) is 16.7 Å². The Bertz CT molecular complexity index is 1400. The number of hydrogen-bond acceptors (Lipinski definition) is 5. The van der Waals surface area contributed by atoms with Crippen LogP contribution in [0.5, 0.6) is 5.75 Å². The predicted octanol–water partition coefficient (Wildman–Crippen LogP) is 5.48. The number of thiophene rings is 1. The van der Waals surface area contributed by atoms with Crippen LogP contribution >= 0.6 is 22.7 Å². The van der Waals surface area contributed by atoms with Crippen molar-refractivity contribution in [3.8, 4) is 5.75 Å². The molecule has 0 aliphatic carbocycles. The van der Waals surface area contributed by atoms with Gasteiger partial charge in [-0.1, -0.05) is 35.1 Å². The SMILES string of the molecule is COc1cc2sc(/C=C/c3cc(C)ccc3C)[n+](CCCS(=O)(=O)O)c2c2sccc12. The van der Waals surface area contributed by atoms with Gasteiger partial charge in [-0.25, -0.2) is 0 Å². The molecule has 0 aliphatic rings. The van der Waals surface area contributed by atoms with Crippen LogP contribution in [-0.4, -0.2) is 25.8 Å². The van der Waals surface area contributed by atoms with Gasteiger partial charge < -0.3 is 4.74 Å². The van der Waals surface area contributed by atoms with Crippen LogP contribution in [0.15, 0.2) is 35.7 Å². The maximum atomic E-state index is 11.3. The summed E-state index contributed by atoms with van der Waals surface area (Å²) in [6.07, 6.45) is 4.53. The molecular formula is C23H24NO4S3+. The standard InChI is InChI=1S/C23H23NO4S3/c1-15-5-6-16(2)17(13-15)7-8-21-24(10-4-12-31(25,26)27)22-20(30-21)14-19(28-3)18-9-11-29-23(18)22/h5-9,11,13-14H,4,10,12H2,1-3H3/p+1/b8-7+. The summed E-state index contributed by atoms with van der Waals surface area (Å²) in [5.74, 6) is 0.571. The topological polar surface area (TPSA) is 67.5 Å². The molecule has 8 heteroatoms. The molecule has 2 aromatic carbocycles. The zero-order chi connectivity index (χ0) is 22.2. The summed E-state index contributed by atoms with van der Waals surface area (Å²) in [6, 6.07) is 10.5. The van der Waals surface area contributed by atoms with Crippen molar-refractivity contribution >= 4 is 65.2 Å². The minimum Gasteiger partial charge on any atom is -0.496 e. The quantitative estimate of drug-likeness (QED) is 0.285. The summed E-state index contributed by atoms with van der Waals surface area (Å²) in [5, 5.41) is 4.11. The lowest BCUT2D eigenvalue weighted by Gasteiger charge is -2.02. The van der Waals surface area contributed by atoms with Crippen LogP contribution in [0.25, 0.3) is 32.5 Å². The number of methoxy groups -OCH3 is 1. The van der Waals surface area contributed by atoms with Gasteiger partial charge >= 0.3 is 0 Å². The lowest BCUT2D eigenvalue weighted by atomic mass is 10.1. The summed E-state index contributed by atoms with van der Waals surface area (Å²) in [6.45, 7) is 4.65. The molecule has 4 rings (SSSR count). The van der Waals surface area contributed by atoms with Gasteiger partial charge in [0.2, 0.25) is 5.52 Å². The summed E-state index contributed by atoms with van der Waals surface area (Å²) in [7, 11) is -2.32. The minimum absolute atomic E-state index is 0.263. The zero-order valence-corrected chi connectivity index (χ0v) is 20.0. The van der Waals surface area contributed by atoms with E-state index in [-0.39, 0.29) is 5.75 Å². The molecule has 0 aliphatic heterocycles. The van der Waals surface area contributed by atoms with E-state index in [1.807, 2.05) is 17.5 Å². The Morgan fingerprint density at radius 1 is 1.16 bits per heavy atom. The smallest absolute Gasteiger partial charge is 0.265 e. The fraction of sp³-hybridized carbons (Fsp3) is 0.261. The molecule has 0 saturated carbocycles. The van der Waals surface area contributed by atoms with Crippen molar-refractivity contribution in [2.24, 2.45) is 0 Å². The van der Waals surface area contributed by atoms with Gasteiger partial charge in [-0.3, -0.25) is 4.55 Å². The Balaban J connectivity index is 1.85. The van der Waals surface area contributed by atoms with E-state index >= 15 is 0 Å². The first kappa shape index (κ1) is 22.0. The van der Waals surface area contributed by atoms with E-state index in [1.54, 1.807) is 29.8 Å². The van der Waals surface area contributed by atoms with Crippen LogP contribution in [0.1, 0.15) is 28.1 Å². The van der Waals surface area contributed by atoms with Gasteiger partial charge in [-0.05, 0) is 42.5 Å². The molecule has 0 bridgehead atoms. The average molecular weight is 475 g/mol. The van der Waals surface area contributed by atoms with Crippen molar-refractivity contribution in [3.63, 3.8) is 0 Å². The summed E-state index contributed by atoms with van der Waals surface area (Å²) in [5.41, 5.74) is 4.63. The third-order valence-corrected chi connectivity index (χ3v) is 8.06. The van der Waals surface area contributed by atoms with Gasteiger partial charge in [0.05, 0.1) is 12.9 Å². The fourth-order valence-corrected chi connectivity index (χ4v) is 6.35. The van der Waals surface area contributed by atoms with Gasteiger partial charge in [0.1, 0.15) is 15.1 Å². The van der Waals surface area contributed by atoms with Crippen LogP contribution in [0.4, 0.5) is 0 Å². The molecule has 1 N–H and O–H groups in total. The molecule has 162 valence electrons. The van der Waals surface area contributed by atoms with Gasteiger partial charge in [0.15, 0.2) is 6.54 Å². The second-order valence-electron chi connectivity index (χ2n) is 7.51. The van der Waals surface area contributed by atoms with E-state index in [1.165, 1.54) is 11.1 Å². The Morgan fingerprint density at radius 3 is 2.71 bits per heavy atom. The third-order valence-electron chi connectivity index (χ3n) is 5.24. The molecule has 0 spiro atoms. The molecule has 0 amide bonds. The average Bonchev–Trinajstić information content (AvgIpc) is 3.31. The third kappa shape index (κ3) is 4.67. The van der Waals surface area contributed by atoms with E-state index in [4.69, 9.17) is 4.74 Å². The first-order valence-electron chi connectivity index (χ1n) is 9.88. The highest BCUT2D eigenvalue weighted by Gasteiger charge is 2.24. The first-order chi connectivity index (χ1) is 14.8. The molecule has 2 heterocycles. The Hall–Kier alpha value is -2.26. The van der Waals surface area contributed by atoms with Crippen molar-refractivity contribution in [2.45, 2.75) is 26.8 Å². The highest BCUT2D eigenvalue weighted by atomic mass is 32.2. The lowest BCUT2D eigenvalue weighted by molar-refractivity contribution is -0.667. The number of hydrogen-bond donors (Lipinski definition) is 1. The number of ether oxygens (including phenoxy) is 1. The number of fused-ring (bicyclic) bond motifs is 3. The number of nitrogens with zero attached hydrogens (tertiary/aromatic N) is 1. The number of aryl methyl sites for hydroxylation is 3. The number of rotatable bonds is 7. The molecule has 0 fully saturated rings. The minimum atomic E-state index is -4.00. The highest BCUT2D eigenvalue weighted by Crippen LogP contribution is 2.38. The number of benzene rings is 2. The monoisotopic (exact) mass is 474 g/mol. The van der Waals surface area contributed by atoms with E-state index < -0.39 is 10.1 Å². The van der Waals surface area contributed by atoms with Gasteiger partial charge in [-0.2, -0.15) is 13.0 Å². The van der Waals surface area contributed by atoms with Crippen LogP contribution in [0.3, 0.4) is 0 Å². The maximum absolute atomic E-state index is 11.3. The van der Waals surface area contributed by atoms with Crippen molar-refractivity contribution in [3.05, 3.63) is 57.4 Å². The molecule has 4 aromatic rings. The molecule has 5 nitrogen and oxygen atoms in total. The second-order valence-corrected chi connectivity index (χ2v) is 11.1. The zero-order valence-electron chi connectivity index (χ0n) is 17.6. The summed E-state index contributed by atoms with van der Waals surface area (Å²) >= 11 is 3.30.